The van der Waals surface area contributed by atoms with Crippen LogP contribution in [0.25, 0.3) is 10.8 Å². The molecule has 0 spiro atoms. The Morgan fingerprint density at radius 2 is 2.08 bits per heavy atom. The van der Waals surface area contributed by atoms with Crippen molar-refractivity contribution in [3.05, 3.63) is 50.4 Å². The number of hydrogen-bond donors (Lipinski definition) is 0. The van der Waals surface area contributed by atoms with E-state index < -0.39 is 10.9 Å². The van der Waals surface area contributed by atoms with E-state index in [0.717, 1.165) is 12.8 Å². The number of nitro benzene ring substituents is 1. The van der Waals surface area contributed by atoms with Crippen LogP contribution in [0, 0.1) is 10.1 Å². The molecule has 1 unspecified atom stereocenters. The smallest absolute Gasteiger partial charge is 0.302 e. The van der Waals surface area contributed by atoms with Crippen molar-refractivity contribution < 1.29 is 14.5 Å². The summed E-state index contributed by atoms with van der Waals surface area (Å²) < 4.78 is 6.38. The summed E-state index contributed by atoms with van der Waals surface area (Å²) in [6.07, 6.45) is 3.42. The van der Waals surface area contributed by atoms with Gasteiger partial charge in [0.15, 0.2) is 0 Å². The Labute approximate surface area is 138 Å². The highest BCUT2D eigenvalue weighted by atomic mass is 16.6. The minimum Gasteiger partial charge on any atom is -0.464 e. The maximum absolute atomic E-state index is 12.7. The molecule has 24 heavy (non-hydrogen) atoms. The van der Waals surface area contributed by atoms with Crippen LogP contribution in [0.2, 0.25) is 0 Å². The summed E-state index contributed by atoms with van der Waals surface area (Å²) in [6.45, 7) is 3.13. The summed E-state index contributed by atoms with van der Waals surface area (Å²) in [5, 5.41) is 12.2. The SMILES string of the molecule is CC(=O)OCC(C)n1ccc2c([N+](=O)[O-])c(C3CC3)ccc2c1=O. The fourth-order valence-electron chi connectivity index (χ4n) is 2.93. The number of rotatable bonds is 5. The van der Waals surface area contributed by atoms with Crippen LogP contribution >= 0.6 is 0 Å². The molecule has 3 rings (SSSR count). The number of benzene rings is 1. The molecule has 2 aromatic rings. The van der Waals surface area contributed by atoms with Gasteiger partial charge in [0.25, 0.3) is 11.2 Å². The molecule has 1 aromatic carbocycles. The third-order valence-electron chi connectivity index (χ3n) is 4.32. The summed E-state index contributed by atoms with van der Waals surface area (Å²) >= 11 is 0. The minimum absolute atomic E-state index is 0.0342. The van der Waals surface area contributed by atoms with Gasteiger partial charge in [-0.05, 0) is 37.8 Å². The minimum atomic E-state index is -0.416. The molecule has 1 aromatic heterocycles. The van der Waals surface area contributed by atoms with Gasteiger partial charge in [-0.25, -0.2) is 0 Å². The first-order valence-corrected chi connectivity index (χ1v) is 7.85. The number of carbonyl (C=O) groups is 1. The Bertz CT molecular complexity index is 882. The number of nitro groups is 1. The number of fused-ring (bicyclic) bond motifs is 1. The molecule has 1 aliphatic carbocycles. The summed E-state index contributed by atoms with van der Waals surface area (Å²) in [4.78, 5) is 34.7. The average molecular weight is 330 g/mol. The van der Waals surface area contributed by atoms with Crippen LogP contribution in [0.3, 0.4) is 0 Å². The number of aromatic nitrogens is 1. The fourth-order valence-corrected chi connectivity index (χ4v) is 2.93. The maximum atomic E-state index is 12.7. The van der Waals surface area contributed by atoms with Crippen molar-refractivity contribution in [1.82, 2.24) is 4.57 Å². The molecule has 1 heterocycles. The van der Waals surface area contributed by atoms with E-state index in [1.807, 2.05) is 0 Å². The van der Waals surface area contributed by atoms with Gasteiger partial charge in [-0.2, -0.15) is 0 Å². The van der Waals surface area contributed by atoms with Crippen LogP contribution in [0.1, 0.15) is 44.2 Å². The second-order valence-electron chi connectivity index (χ2n) is 6.18. The van der Waals surface area contributed by atoms with Crippen LogP contribution < -0.4 is 5.56 Å². The van der Waals surface area contributed by atoms with E-state index in [9.17, 15) is 19.7 Å². The van der Waals surface area contributed by atoms with Gasteiger partial charge in [-0.3, -0.25) is 19.7 Å². The second-order valence-corrected chi connectivity index (χ2v) is 6.18. The Morgan fingerprint density at radius 1 is 1.38 bits per heavy atom. The van der Waals surface area contributed by atoms with Crippen LogP contribution in [0.5, 0.6) is 0 Å². The first kappa shape index (κ1) is 16.2. The standard InChI is InChI=1S/C17H18N2O5/c1-10(9-24-11(2)20)18-8-7-14-15(17(18)21)6-5-13(12-3-4-12)16(14)19(22)23/h5-8,10,12H,3-4,9H2,1-2H3. The first-order chi connectivity index (χ1) is 11.4. The Kier molecular flexibility index (Phi) is 4.09. The summed E-state index contributed by atoms with van der Waals surface area (Å²) in [6, 6.07) is 4.60. The number of nitrogens with zero attached hydrogens (tertiary/aromatic N) is 2. The van der Waals surface area contributed by atoms with Crippen molar-refractivity contribution in [2.45, 2.75) is 38.6 Å². The third-order valence-corrected chi connectivity index (χ3v) is 4.32. The van der Waals surface area contributed by atoms with E-state index in [1.54, 1.807) is 25.1 Å². The molecule has 0 saturated heterocycles. The largest absolute Gasteiger partial charge is 0.464 e. The van der Waals surface area contributed by atoms with Gasteiger partial charge in [0, 0.05) is 18.7 Å². The summed E-state index contributed by atoms with van der Waals surface area (Å²) in [5.41, 5.74) is 0.419. The van der Waals surface area contributed by atoms with E-state index in [1.165, 1.54) is 17.7 Å². The van der Waals surface area contributed by atoms with E-state index in [-0.39, 0.29) is 29.8 Å². The van der Waals surface area contributed by atoms with Crippen molar-refractivity contribution >= 4 is 22.4 Å². The summed E-state index contributed by atoms with van der Waals surface area (Å²) in [5.74, 6) is -0.194. The van der Waals surface area contributed by atoms with Crippen LogP contribution in [0.4, 0.5) is 5.69 Å². The highest BCUT2D eigenvalue weighted by Crippen LogP contribution is 2.45. The van der Waals surface area contributed by atoms with Crippen molar-refractivity contribution in [1.29, 1.82) is 0 Å². The molecule has 1 saturated carbocycles. The molecule has 0 amide bonds. The van der Waals surface area contributed by atoms with Gasteiger partial charge in [0.1, 0.15) is 6.61 Å². The molecule has 1 aliphatic rings. The molecule has 0 aliphatic heterocycles. The Hall–Kier alpha value is -2.70. The highest BCUT2D eigenvalue weighted by molar-refractivity contribution is 5.92. The van der Waals surface area contributed by atoms with E-state index >= 15 is 0 Å². The maximum Gasteiger partial charge on any atom is 0.302 e. The van der Waals surface area contributed by atoms with Crippen molar-refractivity contribution in [2.24, 2.45) is 0 Å². The van der Waals surface area contributed by atoms with Crippen molar-refractivity contribution in [3.63, 3.8) is 0 Å². The predicted octanol–water partition coefficient (Wildman–Crippen LogP) is 2.91. The van der Waals surface area contributed by atoms with E-state index in [2.05, 4.69) is 0 Å². The number of pyridine rings is 1. The lowest BCUT2D eigenvalue weighted by molar-refractivity contribution is -0.383. The number of carbonyl (C=O) groups excluding carboxylic acids is 1. The quantitative estimate of drug-likeness (QED) is 0.477. The number of ether oxygens (including phenoxy) is 1. The molecule has 7 nitrogen and oxygen atoms in total. The zero-order valence-corrected chi connectivity index (χ0v) is 13.5. The molecule has 1 atom stereocenters. The van der Waals surface area contributed by atoms with E-state index in [4.69, 9.17) is 4.74 Å². The molecule has 0 radical (unpaired) electrons. The molecule has 126 valence electrons. The monoisotopic (exact) mass is 330 g/mol. The number of esters is 1. The van der Waals surface area contributed by atoms with Gasteiger partial charge in [0.05, 0.1) is 21.7 Å². The first-order valence-electron chi connectivity index (χ1n) is 7.85. The van der Waals surface area contributed by atoms with Crippen molar-refractivity contribution in [2.75, 3.05) is 6.61 Å². The average Bonchev–Trinajstić information content (AvgIpc) is 3.36. The predicted molar refractivity (Wildman–Crippen MR) is 88.2 cm³/mol. The molecular formula is C17H18N2O5. The van der Waals surface area contributed by atoms with E-state index in [0.29, 0.717) is 16.3 Å². The molecule has 0 N–H and O–H groups in total. The summed E-state index contributed by atoms with van der Waals surface area (Å²) in [7, 11) is 0. The Balaban J connectivity index is 2.10. The van der Waals surface area contributed by atoms with Gasteiger partial charge < -0.3 is 9.30 Å². The zero-order valence-electron chi connectivity index (χ0n) is 13.5. The van der Waals surface area contributed by atoms with Gasteiger partial charge in [0.2, 0.25) is 0 Å². The second kappa shape index (κ2) is 6.07. The molecule has 1 fully saturated rings. The fraction of sp³-hybridized carbons (Fsp3) is 0.412. The van der Waals surface area contributed by atoms with Crippen LogP contribution in [-0.4, -0.2) is 22.1 Å². The lowest BCUT2D eigenvalue weighted by atomic mass is 10.0. The highest BCUT2D eigenvalue weighted by Gasteiger charge is 2.32. The van der Waals surface area contributed by atoms with Crippen molar-refractivity contribution in [3.8, 4) is 0 Å². The zero-order chi connectivity index (χ0) is 17.4. The Morgan fingerprint density at radius 3 is 2.67 bits per heavy atom. The van der Waals surface area contributed by atoms with Crippen LogP contribution in [0.15, 0.2) is 29.2 Å². The normalized spacial score (nSPS) is 15.2. The lowest BCUT2D eigenvalue weighted by Gasteiger charge is -2.16. The lowest BCUT2D eigenvalue weighted by Crippen LogP contribution is -2.26. The van der Waals surface area contributed by atoms with Gasteiger partial charge in [-0.15, -0.1) is 0 Å². The molecule has 7 heteroatoms. The third kappa shape index (κ3) is 2.89. The number of hydrogen-bond acceptors (Lipinski definition) is 5. The van der Waals surface area contributed by atoms with Gasteiger partial charge in [-0.1, -0.05) is 6.07 Å². The molecular weight excluding hydrogens is 312 g/mol. The van der Waals surface area contributed by atoms with Gasteiger partial charge >= 0.3 is 5.97 Å². The van der Waals surface area contributed by atoms with Crippen LogP contribution in [-0.2, 0) is 9.53 Å². The molecule has 0 bridgehead atoms. The topological polar surface area (TPSA) is 91.4 Å².